The largest absolute Gasteiger partial charge is 0.389 e. The highest BCUT2D eigenvalue weighted by Crippen LogP contribution is 2.17. The predicted molar refractivity (Wildman–Crippen MR) is 72.8 cm³/mol. The Bertz CT molecular complexity index is 376. The van der Waals surface area contributed by atoms with Gasteiger partial charge in [0, 0.05) is 24.8 Å². The molecule has 0 saturated heterocycles. The Kier molecular flexibility index (Phi) is 4.24. The summed E-state index contributed by atoms with van der Waals surface area (Å²) in [7, 11) is 2.04. The SMILES string of the molecule is CC(C)C(C)N(C)c1cc(C(N)=S)ccn1. The molecule has 0 fully saturated rings. The summed E-state index contributed by atoms with van der Waals surface area (Å²) in [5.41, 5.74) is 6.47. The van der Waals surface area contributed by atoms with E-state index in [4.69, 9.17) is 18.0 Å². The Morgan fingerprint density at radius 1 is 1.44 bits per heavy atom. The minimum Gasteiger partial charge on any atom is -0.389 e. The number of pyridine rings is 1. The minimum atomic E-state index is 0.411. The lowest BCUT2D eigenvalue weighted by molar-refractivity contribution is 0.503. The number of hydrogen-bond acceptors (Lipinski definition) is 3. The predicted octanol–water partition coefficient (Wildman–Crippen LogP) is 2.20. The molecule has 1 rings (SSSR count). The Morgan fingerprint density at radius 2 is 2.06 bits per heavy atom. The molecule has 0 amide bonds. The van der Waals surface area contributed by atoms with Crippen LogP contribution >= 0.6 is 12.2 Å². The second-order valence-corrected chi connectivity index (χ2v) is 4.80. The van der Waals surface area contributed by atoms with Crippen LogP contribution in [0.15, 0.2) is 18.3 Å². The van der Waals surface area contributed by atoms with Crippen LogP contribution in [-0.4, -0.2) is 23.1 Å². The summed E-state index contributed by atoms with van der Waals surface area (Å²) in [5.74, 6) is 1.48. The first-order chi connectivity index (χ1) is 7.43. The van der Waals surface area contributed by atoms with Crippen molar-refractivity contribution in [3.63, 3.8) is 0 Å². The van der Waals surface area contributed by atoms with Crippen LogP contribution in [0, 0.1) is 5.92 Å². The molecule has 0 aliphatic heterocycles. The van der Waals surface area contributed by atoms with Gasteiger partial charge in [-0.15, -0.1) is 0 Å². The van der Waals surface area contributed by atoms with Crippen molar-refractivity contribution in [2.24, 2.45) is 11.7 Å². The second-order valence-electron chi connectivity index (χ2n) is 4.36. The van der Waals surface area contributed by atoms with Crippen molar-refractivity contribution in [3.05, 3.63) is 23.9 Å². The highest BCUT2D eigenvalue weighted by molar-refractivity contribution is 7.80. The maximum absolute atomic E-state index is 5.60. The molecule has 1 aromatic heterocycles. The maximum atomic E-state index is 5.60. The van der Waals surface area contributed by atoms with E-state index in [1.54, 1.807) is 6.20 Å². The lowest BCUT2D eigenvalue weighted by Gasteiger charge is -2.29. The Balaban J connectivity index is 2.95. The normalized spacial score (nSPS) is 12.6. The van der Waals surface area contributed by atoms with Gasteiger partial charge in [-0.1, -0.05) is 26.1 Å². The van der Waals surface area contributed by atoms with Gasteiger partial charge in [-0.2, -0.15) is 0 Å². The number of hydrogen-bond donors (Lipinski definition) is 1. The molecule has 1 aromatic rings. The van der Waals surface area contributed by atoms with E-state index >= 15 is 0 Å². The molecule has 0 spiro atoms. The van der Waals surface area contributed by atoms with Gasteiger partial charge >= 0.3 is 0 Å². The summed E-state index contributed by atoms with van der Waals surface area (Å²) in [6.45, 7) is 6.57. The van der Waals surface area contributed by atoms with Gasteiger partial charge in [0.15, 0.2) is 0 Å². The molecule has 16 heavy (non-hydrogen) atoms. The maximum Gasteiger partial charge on any atom is 0.129 e. The van der Waals surface area contributed by atoms with Crippen molar-refractivity contribution in [1.82, 2.24) is 4.98 Å². The number of rotatable bonds is 4. The quantitative estimate of drug-likeness (QED) is 0.815. The zero-order valence-corrected chi connectivity index (χ0v) is 11.1. The molecule has 88 valence electrons. The average molecular weight is 237 g/mol. The Hall–Kier alpha value is -1.16. The molecule has 0 radical (unpaired) electrons. The number of thiocarbonyl (C=S) groups is 1. The molecule has 1 atom stereocenters. The average Bonchev–Trinajstić information content (AvgIpc) is 2.27. The van der Waals surface area contributed by atoms with Gasteiger partial charge < -0.3 is 10.6 Å². The molecule has 0 saturated carbocycles. The number of nitrogens with two attached hydrogens (primary N) is 1. The van der Waals surface area contributed by atoms with Crippen LogP contribution in [0.2, 0.25) is 0 Å². The summed E-state index contributed by atoms with van der Waals surface area (Å²) >= 11 is 4.96. The molecule has 0 bridgehead atoms. The fourth-order valence-electron chi connectivity index (χ4n) is 1.42. The minimum absolute atomic E-state index is 0.411. The van der Waals surface area contributed by atoms with Gasteiger partial charge in [0.2, 0.25) is 0 Å². The number of aromatic nitrogens is 1. The molecular weight excluding hydrogens is 218 g/mol. The van der Waals surface area contributed by atoms with E-state index in [1.807, 2.05) is 19.2 Å². The van der Waals surface area contributed by atoms with Crippen LogP contribution in [-0.2, 0) is 0 Å². The van der Waals surface area contributed by atoms with Gasteiger partial charge in [0.05, 0.1) is 0 Å². The highest BCUT2D eigenvalue weighted by atomic mass is 32.1. The molecule has 0 aromatic carbocycles. The van der Waals surface area contributed by atoms with E-state index in [0.29, 0.717) is 16.9 Å². The van der Waals surface area contributed by atoms with Crippen molar-refractivity contribution in [2.75, 3.05) is 11.9 Å². The van der Waals surface area contributed by atoms with Crippen LogP contribution in [0.3, 0.4) is 0 Å². The summed E-state index contributed by atoms with van der Waals surface area (Å²) in [5, 5.41) is 0. The van der Waals surface area contributed by atoms with Crippen molar-refractivity contribution < 1.29 is 0 Å². The third-order valence-electron chi connectivity index (χ3n) is 2.97. The van der Waals surface area contributed by atoms with Crippen LogP contribution < -0.4 is 10.6 Å². The first-order valence-corrected chi connectivity index (χ1v) is 5.83. The van der Waals surface area contributed by atoms with Gasteiger partial charge in [-0.25, -0.2) is 4.98 Å². The van der Waals surface area contributed by atoms with Crippen LogP contribution in [0.4, 0.5) is 5.82 Å². The number of anilines is 1. The fraction of sp³-hybridized carbons (Fsp3) is 0.500. The molecule has 0 aliphatic rings. The standard InChI is InChI=1S/C12H19N3S/c1-8(2)9(3)15(4)11-7-10(12(13)16)5-6-14-11/h5-9H,1-4H3,(H2,13,16). The van der Waals surface area contributed by atoms with Crippen LogP contribution in [0.1, 0.15) is 26.3 Å². The summed E-state index contributed by atoms with van der Waals surface area (Å²) < 4.78 is 0. The first-order valence-electron chi connectivity index (χ1n) is 5.42. The molecule has 3 nitrogen and oxygen atoms in total. The van der Waals surface area contributed by atoms with E-state index < -0.39 is 0 Å². The van der Waals surface area contributed by atoms with Gasteiger partial charge in [-0.05, 0) is 25.0 Å². The van der Waals surface area contributed by atoms with E-state index in [-0.39, 0.29) is 0 Å². The first kappa shape index (κ1) is 12.9. The van der Waals surface area contributed by atoms with Crippen LogP contribution in [0.25, 0.3) is 0 Å². The summed E-state index contributed by atoms with van der Waals surface area (Å²) in [6.07, 6.45) is 1.74. The molecule has 2 N–H and O–H groups in total. The zero-order chi connectivity index (χ0) is 12.3. The van der Waals surface area contributed by atoms with Crippen LogP contribution in [0.5, 0.6) is 0 Å². The molecule has 0 aliphatic carbocycles. The number of nitrogens with zero attached hydrogens (tertiary/aromatic N) is 2. The Labute approximate surface area is 103 Å². The van der Waals surface area contributed by atoms with Crippen molar-refractivity contribution >= 4 is 23.0 Å². The summed E-state index contributed by atoms with van der Waals surface area (Å²) in [4.78, 5) is 6.89. The van der Waals surface area contributed by atoms with Crippen molar-refractivity contribution in [3.8, 4) is 0 Å². The molecule has 1 heterocycles. The van der Waals surface area contributed by atoms with Crippen molar-refractivity contribution in [2.45, 2.75) is 26.8 Å². The smallest absolute Gasteiger partial charge is 0.129 e. The second kappa shape index (κ2) is 5.25. The third kappa shape index (κ3) is 2.92. The zero-order valence-electron chi connectivity index (χ0n) is 10.3. The topological polar surface area (TPSA) is 42.1 Å². The third-order valence-corrected chi connectivity index (χ3v) is 3.20. The lowest BCUT2D eigenvalue weighted by atomic mass is 10.1. The van der Waals surface area contributed by atoms with E-state index in [1.165, 1.54) is 0 Å². The van der Waals surface area contributed by atoms with Gasteiger partial charge in [0.25, 0.3) is 0 Å². The van der Waals surface area contributed by atoms with Gasteiger partial charge in [0.1, 0.15) is 10.8 Å². The van der Waals surface area contributed by atoms with E-state index in [9.17, 15) is 0 Å². The summed E-state index contributed by atoms with van der Waals surface area (Å²) in [6, 6.07) is 4.19. The fourth-order valence-corrected chi connectivity index (χ4v) is 1.55. The highest BCUT2D eigenvalue weighted by Gasteiger charge is 2.14. The lowest BCUT2D eigenvalue weighted by Crippen LogP contribution is -2.33. The van der Waals surface area contributed by atoms with E-state index in [2.05, 4.69) is 30.7 Å². The van der Waals surface area contributed by atoms with E-state index in [0.717, 1.165) is 11.4 Å². The molecule has 4 heteroatoms. The van der Waals surface area contributed by atoms with Crippen molar-refractivity contribution in [1.29, 1.82) is 0 Å². The monoisotopic (exact) mass is 237 g/mol. The molecular formula is C12H19N3S. The van der Waals surface area contributed by atoms with Gasteiger partial charge in [-0.3, -0.25) is 0 Å². The molecule has 1 unspecified atom stereocenters. The Morgan fingerprint density at radius 3 is 2.56 bits per heavy atom.